The topological polar surface area (TPSA) is 79.8 Å². The lowest BCUT2D eigenvalue weighted by molar-refractivity contribution is -0.139. The molecule has 0 radical (unpaired) electrons. The Morgan fingerprint density at radius 2 is 1.72 bits per heavy atom. The van der Waals surface area contributed by atoms with E-state index in [1.54, 1.807) is 0 Å². The molecule has 0 aromatic carbocycles. The molecule has 0 rings (SSSR count). The van der Waals surface area contributed by atoms with Crippen LogP contribution in [-0.2, 0) is 14.3 Å². The van der Waals surface area contributed by atoms with E-state index in [1.807, 2.05) is 13.8 Å². The van der Waals surface area contributed by atoms with Crippen molar-refractivity contribution < 1.29 is 14.3 Å². The first kappa shape index (κ1) is 16.6. The van der Waals surface area contributed by atoms with E-state index in [1.165, 1.54) is 7.11 Å². The lowest BCUT2D eigenvalue weighted by Crippen LogP contribution is -2.39. The molecule has 0 bridgehead atoms. The van der Waals surface area contributed by atoms with Crippen molar-refractivity contribution in [2.24, 2.45) is 5.10 Å². The van der Waals surface area contributed by atoms with E-state index in [9.17, 15) is 9.59 Å². The van der Waals surface area contributed by atoms with Crippen molar-refractivity contribution in [3.05, 3.63) is 0 Å². The van der Waals surface area contributed by atoms with E-state index in [0.717, 1.165) is 31.4 Å². The zero-order valence-electron chi connectivity index (χ0n) is 11.4. The Morgan fingerprint density at radius 1 is 1.11 bits per heavy atom. The van der Waals surface area contributed by atoms with E-state index < -0.39 is 11.8 Å². The average molecular weight is 257 g/mol. The van der Waals surface area contributed by atoms with Crippen LogP contribution in [0.1, 0.15) is 39.5 Å². The molecule has 6 nitrogen and oxygen atoms in total. The Hall–Kier alpha value is -1.43. The number of hydrogen-bond acceptors (Lipinski definition) is 4. The van der Waals surface area contributed by atoms with Gasteiger partial charge in [-0.15, -0.1) is 0 Å². The number of nitrogens with one attached hydrogen (secondary N) is 2. The molecular weight excluding hydrogens is 234 g/mol. The summed E-state index contributed by atoms with van der Waals surface area (Å²) in [6.07, 6.45) is 3.60. The summed E-state index contributed by atoms with van der Waals surface area (Å²) in [5.74, 6) is -1.43. The smallest absolute Gasteiger partial charge is 0.329 e. The SMILES string of the molecule is CCCC(CCC)=NNC(=O)C(=O)NCCOC. The number of nitrogens with zero attached hydrogens (tertiary/aromatic N) is 1. The molecule has 18 heavy (non-hydrogen) atoms. The molecule has 0 aliphatic rings. The van der Waals surface area contributed by atoms with Crippen molar-refractivity contribution >= 4 is 17.5 Å². The highest BCUT2D eigenvalue weighted by Crippen LogP contribution is 1.99. The summed E-state index contributed by atoms with van der Waals surface area (Å²) in [6.45, 7) is 4.78. The van der Waals surface area contributed by atoms with Gasteiger partial charge in [0.05, 0.1) is 6.61 Å². The molecule has 2 N–H and O–H groups in total. The molecule has 0 heterocycles. The number of hydrazone groups is 1. The second-order valence-corrected chi connectivity index (χ2v) is 3.87. The highest BCUT2D eigenvalue weighted by atomic mass is 16.5. The maximum absolute atomic E-state index is 11.4. The van der Waals surface area contributed by atoms with E-state index in [4.69, 9.17) is 4.74 Å². The number of carbonyl (C=O) groups is 2. The molecule has 0 aliphatic heterocycles. The van der Waals surface area contributed by atoms with Gasteiger partial charge < -0.3 is 10.1 Å². The number of hydrogen-bond donors (Lipinski definition) is 2. The molecule has 0 saturated heterocycles. The lowest BCUT2D eigenvalue weighted by Gasteiger charge is -2.05. The minimum atomic E-state index is -0.740. The molecule has 0 aromatic heterocycles. The zero-order chi connectivity index (χ0) is 13.8. The Bertz CT molecular complexity index is 282. The van der Waals surface area contributed by atoms with E-state index >= 15 is 0 Å². The minimum absolute atomic E-state index is 0.309. The summed E-state index contributed by atoms with van der Waals surface area (Å²) in [7, 11) is 1.53. The third kappa shape index (κ3) is 7.78. The Morgan fingerprint density at radius 3 is 2.22 bits per heavy atom. The molecule has 0 saturated carbocycles. The normalized spacial score (nSPS) is 9.72. The fraction of sp³-hybridized carbons (Fsp3) is 0.750. The fourth-order valence-corrected chi connectivity index (χ4v) is 1.34. The molecule has 6 heteroatoms. The number of amides is 2. The van der Waals surface area contributed by atoms with Crippen LogP contribution in [0.15, 0.2) is 5.10 Å². The molecule has 0 fully saturated rings. The van der Waals surface area contributed by atoms with Crippen molar-refractivity contribution in [1.29, 1.82) is 0 Å². The fourth-order valence-electron chi connectivity index (χ4n) is 1.34. The van der Waals surface area contributed by atoms with Crippen LogP contribution in [0.3, 0.4) is 0 Å². The zero-order valence-corrected chi connectivity index (χ0v) is 11.4. The van der Waals surface area contributed by atoms with Crippen LogP contribution in [0, 0.1) is 0 Å². The summed E-state index contributed by atoms with van der Waals surface area (Å²) < 4.78 is 4.76. The van der Waals surface area contributed by atoms with Crippen LogP contribution in [0.4, 0.5) is 0 Å². The van der Waals surface area contributed by atoms with Crippen molar-refractivity contribution in [3.8, 4) is 0 Å². The summed E-state index contributed by atoms with van der Waals surface area (Å²) in [5.41, 5.74) is 3.19. The summed E-state index contributed by atoms with van der Waals surface area (Å²) in [5, 5.41) is 6.40. The van der Waals surface area contributed by atoms with Crippen LogP contribution in [-0.4, -0.2) is 37.8 Å². The molecule has 0 aliphatic carbocycles. The molecule has 0 spiro atoms. The van der Waals surface area contributed by atoms with E-state index in [0.29, 0.717) is 13.2 Å². The van der Waals surface area contributed by atoms with Crippen LogP contribution < -0.4 is 10.7 Å². The van der Waals surface area contributed by atoms with Gasteiger partial charge in [0.25, 0.3) is 0 Å². The van der Waals surface area contributed by atoms with Gasteiger partial charge in [-0.05, 0) is 12.8 Å². The first-order valence-electron chi connectivity index (χ1n) is 6.28. The Balaban J connectivity index is 4.11. The largest absolute Gasteiger partial charge is 0.383 e. The van der Waals surface area contributed by atoms with Gasteiger partial charge in [0.1, 0.15) is 0 Å². The summed E-state index contributed by atoms with van der Waals surface area (Å²) >= 11 is 0. The van der Waals surface area contributed by atoms with Crippen molar-refractivity contribution in [2.75, 3.05) is 20.3 Å². The van der Waals surface area contributed by atoms with Gasteiger partial charge in [-0.3, -0.25) is 9.59 Å². The van der Waals surface area contributed by atoms with Crippen molar-refractivity contribution in [1.82, 2.24) is 10.7 Å². The van der Waals surface area contributed by atoms with Gasteiger partial charge in [0, 0.05) is 19.4 Å². The Kier molecular flexibility index (Phi) is 9.86. The highest BCUT2D eigenvalue weighted by molar-refractivity contribution is 6.35. The lowest BCUT2D eigenvalue weighted by atomic mass is 10.1. The maximum Gasteiger partial charge on any atom is 0.329 e. The molecule has 2 amide bonds. The molecule has 0 atom stereocenters. The monoisotopic (exact) mass is 257 g/mol. The third-order valence-corrected chi connectivity index (χ3v) is 2.19. The van der Waals surface area contributed by atoms with E-state index in [2.05, 4.69) is 15.8 Å². The predicted octanol–water partition coefficient (Wildman–Crippen LogP) is 0.821. The van der Waals surface area contributed by atoms with Crippen LogP contribution in [0.25, 0.3) is 0 Å². The summed E-state index contributed by atoms with van der Waals surface area (Å²) in [6, 6.07) is 0. The standard InChI is InChI=1S/C12H23N3O3/c1-4-6-10(7-5-2)14-15-12(17)11(16)13-8-9-18-3/h4-9H2,1-3H3,(H,13,16)(H,15,17). The van der Waals surface area contributed by atoms with Crippen LogP contribution in [0.5, 0.6) is 0 Å². The second kappa shape index (κ2) is 10.7. The van der Waals surface area contributed by atoms with Gasteiger partial charge in [0.15, 0.2) is 0 Å². The van der Waals surface area contributed by atoms with E-state index in [-0.39, 0.29) is 0 Å². The second-order valence-electron chi connectivity index (χ2n) is 3.87. The molecule has 0 aromatic rings. The first-order chi connectivity index (χ1) is 8.65. The predicted molar refractivity (Wildman–Crippen MR) is 70.3 cm³/mol. The number of carbonyl (C=O) groups excluding carboxylic acids is 2. The van der Waals surface area contributed by atoms with Gasteiger partial charge in [-0.1, -0.05) is 26.7 Å². The quantitative estimate of drug-likeness (QED) is 0.292. The van der Waals surface area contributed by atoms with Gasteiger partial charge in [0.2, 0.25) is 0 Å². The van der Waals surface area contributed by atoms with Crippen molar-refractivity contribution in [2.45, 2.75) is 39.5 Å². The third-order valence-electron chi connectivity index (χ3n) is 2.19. The van der Waals surface area contributed by atoms with Crippen LogP contribution >= 0.6 is 0 Å². The first-order valence-corrected chi connectivity index (χ1v) is 6.28. The molecule has 0 unspecified atom stereocenters. The average Bonchev–Trinajstić information content (AvgIpc) is 2.36. The van der Waals surface area contributed by atoms with Gasteiger partial charge in [-0.2, -0.15) is 5.10 Å². The number of ether oxygens (including phenoxy) is 1. The summed E-state index contributed by atoms with van der Waals surface area (Å²) in [4.78, 5) is 22.7. The molecular formula is C12H23N3O3. The van der Waals surface area contributed by atoms with Gasteiger partial charge >= 0.3 is 11.8 Å². The molecule has 104 valence electrons. The van der Waals surface area contributed by atoms with Crippen LogP contribution in [0.2, 0.25) is 0 Å². The Labute approximate surface area is 108 Å². The number of rotatable bonds is 8. The highest BCUT2D eigenvalue weighted by Gasteiger charge is 2.11. The van der Waals surface area contributed by atoms with Gasteiger partial charge in [-0.25, -0.2) is 5.43 Å². The maximum atomic E-state index is 11.4. The number of methoxy groups -OCH3 is 1. The minimum Gasteiger partial charge on any atom is -0.383 e. The van der Waals surface area contributed by atoms with Crippen molar-refractivity contribution in [3.63, 3.8) is 0 Å².